The number of aromatic nitrogens is 7. The fourth-order valence-corrected chi connectivity index (χ4v) is 4.19. The molecule has 0 spiro atoms. The van der Waals surface area contributed by atoms with Crippen LogP contribution >= 0.6 is 11.6 Å². The second-order valence-corrected chi connectivity index (χ2v) is 9.54. The molecule has 3 aromatic heterocycles. The molecular weight excluding hydrogens is 577 g/mol. The van der Waals surface area contributed by atoms with Crippen molar-refractivity contribution >= 4 is 17.5 Å². The van der Waals surface area contributed by atoms with Crippen molar-refractivity contribution in [1.29, 1.82) is 0 Å². The normalized spacial score (nSPS) is 12.3. The first-order valence-electron chi connectivity index (χ1n) is 12.5. The molecule has 5 rings (SSSR count). The maximum absolute atomic E-state index is 13.1. The third-order valence-electron chi connectivity index (χ3n) is 6.19. The van der Waals surface area contributed by atoms with E-state index in [1.54, 1.807) is 48.8 Å². The second kappa shape index (κ2) is 12.0. The van der Waals surface area contributed by atoms with E-state index in [0.717, 1.165) is 14.8 Å². The van der Waals surface area contributed by atoms with Crippen LogP contribution in [-0.2, 0) is 19.6 Å². The largest absolute Gasteiger partial charge is 0.416 e. The number of para-hydroxylation sites is 1. The lowest BCUT2D eigenvalue weighted by Gasteiger charge is -2.15. The maximum atomic E-state index is 13.1. The number of pyridine rings is 1. The summed E-state index contributed by atoms with van der Waals surface area (Å²) >= 11 is 5.93. The predicted octanol–water partition coefficient (Wildman–Crippen LogP) is 3.24. The van der Waals surface area contributed by atoms with Crippen LogP contribution in [-0.4, -0.2) is 57.4 Å². The summed E-state index contributed by atoms with van der Waals surface area (Å²) in [4.78, 5) is 34.3. The quantitative estimate of drug-likeness (QED) is 0.266. The Morgan fingerprint density at radius 1 is 1.02 bits per heavy atom. The van der Waals surface area contributed by atoms with Gasteiger partial charge in [-0.2, -0.15) is 13.2 Å². The smallest absolute Gasteiger partial charge is 0.382 e. The van der Waals surface area contributed by atoms with Crippen molar-refractivity contribution in [2.75, 3.05) is 0 Å². The van der Waals surface area contributed by atoms with E-state index in [-0.39, 0.29) is 30.6 Å². The molecule has 15 heteroatoms. The number of rotatable bonds is 9. The zero-order valence-corrected chi connectivity index (χ0v) is 22.4. The van der Waals surface area contributed by atoms with Gasteiger partial charge in [-0.3, -0.25) is 14.3 Å². The van der Waals surface area contributed by atoms with Gasteiger partial charge in [0.05, 0.1) is 17.8 Å². The molecule has 2 N–H and O–H groups in total. The minimum absolute atomic E-state index is 0.101. The summed E-state index contributed by atoms with van der Waals surface area (Å²) in [6, 6.07) is 16.2. The molecular formula is C27H22ClF3N8O3. The third kappa shape index (κ3) is 6.39. The van der Waals surface area contributed by atoms with Crippen LogP contribution in [0.25, 0.3) is 17.1 Å². The van der Waals surface area contributed by atoms with E-state index in [1.807, 2.05) is 0 Å². The molecule has 0 radical (unpaired) electrons. The summed E-state index contributed by atoms with van der Waals surface area (Å²) in [5, 5.41) is 21.5. The molecule has 42 heavy (non-hydrogen) atoms. The molecule has 216 valence electrons. The van der Waals surface area contributed by atoms with E-state index in [9.17, 15) is 27.9 Å². The Morgan fingerprint density at radius 2 is 1.74 bits per heavy atom. The van der Waals surface area contributed by atoms with Crippen LogP contribution in [0.1, 0.15) is 21.7 Å². The van der Waals surface area contributed by atoms with Gasteiger partial charge >= 0.3 is 11.9 Å². The zero-order chi connectivity index (χ0) is 29.9. The van der Waals surface area contributed by atoms with Gasteiger partial charge in [-0.25, -0.2) is 19.1 Å². The summed E-state index contributed by atoms with van der Waals surface area (Å²) in [5.41, 5.74) is 1.00. The number of nitrogens with one attached hydrogen (secondary N) is 1. The number of carbonyl (C=O) groups excluding carboxylic acids is 1. The van der Waals surface area contributed by atoms with Gasteiger partial charge < -0.3 is 10.4 Å². The van der Waals surface area contributed by atoms with Crippen molar-refractivity contribution in [2.24, 2.45) is 0 Å². The number of hydrogen-bond donors (Lipinski definition) is 2. The monoisotopic (exact) mass is 598 g/mol. The first-order valence-corrected chi connectivity index (χ1v) is 12.8. The molecule has 0 fully saturated rings. The average molecular weight is 599 g/mol. The molecule has 1 atom stereocenters. The Bertz CT molecular complexity index is 1750. The molecule has 1 amide bonds. The Morgan fingerprint density at radius 3 is 2.45 bits per heavy atom. The number of halogens is 4. The first kappa shape index (κ1) is 28.7. The standard InChI is InChI=1S/C27H22ClF3N8O3/c28-19-7-5-18(6-8-19)24-36-38(26(42)37(24)14-22(40)27(29,30)31)15-23-34-16-39(35-23)21-4-2-1-3-20(21)25(41)33-13-17-9-11-32-12-10-17/h1-12,16,22,40H,13-15H2,(H,33,41). The summed E-state index contributed by atoms with van der Waals surface area (Å²) in [6.45, 7) is -1.08. The van der Waals surface area contributed by atoms with E-state index >= 15 is 0 Å². The van der Waals surface area contributed by atoms with Gasteiger partial charge in [0.25, 0.3) is 5.91 Å². The van der Waals surface area contributed by atoms with Crippen LogP contribution in [0.4, 0.5) is 13.2 Å². The Kier molecular flexibility index (Phi) is 8.17. The number of amides is 1. The Hall–Kier alpha value is -4.82. The first-order chi connectivity index (χ1) is 20.1. The van der Waals surface area contributed by atoms with E-state index in [2.05, 4.69) is 25.5 Å². The molecule has 2 aromatic carbocycles. The van der Waals surface area contributed by atoms with Crippen LogP contribution in [0.2, 0.25) is 5.02 Å². The zero-order valence-electron chi connectivity index (χ0n) is 21.6. The Labute approximate surface area is 240 Å². The van der Waals surface area contributed by atoms with Gasteiger partial charge in [-0.1, -0.05) is 23.7 Å². The summed E-state index contributed by atoms with van der Waals surface area (Å²) in [7, 11) is 0. The van der Waals surface area contributed by atoms with Gasteiger partial charge in [0.15, 0.2) is 17.8 Å². The predicted molar refractivity (Wildman–Crippen MR) is 145 cm³/mol. The lowest BCUT2D eigenvalue weighted by atomic mass is 10.1. The van der Waals surface area contributed by atoms with Crippen molar-refractivity contribution in [2.45, 2.75) is 31.9 Å². The molecule has 1 unspecified atom stereocenters. The van der Waals surface area contributed by atoms with Crippen molar-refractivity contribution in [3.63, 3.8) is 0 Å². The van der Waals surface area contributed by atoms with Crippen LogP contribution in [0, 0.1) is 0 Å². The fraction of sp³-hybridized carbons (Fsp3) is 0.185. The molecule has 0 saturated heterocycles. The molecule has 0 aliphatic rings. The number of alkyl halides is 3. The minimum atomic E-state index is -4.95. The SMILES string of the molecule is O=C(NCc1ccncc1)c1ccccc1-n1cnc(Cn2nc(-c3ccc(Cl)cc3)n(CC(O)C(F)(F)F)c2=O)n1. The third-order valence-corrected chi connectivity index (χ3v) is 6.44. The van der Waals surface area contributed by atoms with Gasteiger partial charge in [0.2, 0.25) is 0 Å². The topological polar surface area (TPSA) is 133 Å². The number of nitrogens with zero attached hydrogens (tertiary/aromatic N) is 7. The minimum Gasteiger partial charge on any atom is -0.382 e. The van der Waals surface area contributed by atoms with Gasteiger partial charge in [0.1, 0.15) is 12.9 Å². The summed E-state index contributed by atoms with van der Waals surface area (Å²) in [6.07, 6.45) is -3.15. The van der Waals surface area contributed by atoms with Crippen LogP contribution in [0.15, 0.2) is 84.2 Å². The number of aliphatic hydroxyl groups is 1. The summed E-state index contributed by atoms with van der Waals surface area (Å²) in [5.74, 6) is -0.353. The highest BCUT2D eigenvalue weighted by Crippen LogP contribution is 2.24. The van der Waals surface area contributed by atoms with E-state index in [0.29, 0.717) is 21.8 Å². The van der Waals surface area contributed by atoms with Crippen LogP contribution in [0.3, 0.4) is 0 Å². The molecule has 5 aromatic rings. The number of hydrogen-bond acceptors (Lipinski definition) is 7. The number of aliphatic hydroxyl groups excluding tert-OH is 1. The average Bonchev–Trinajstić information content (AvgIpc) is 3.57. The molecule has 0 aliphatic carbocycles. The fourth-order valence-electron chi connectivity index (χ4n) is 4.06. The van der Waals surface area contributed by atoms with Crippen molar-refractivity contribution < 1.29 is 23.1 Å². The van der Waals surface area contributed by atoms with Crippen molar-refractivity contribution in [3.8, 4) is 17.1 Å². The lowest BCUT2D eigenvalue weighted by Crippen LogP contribution is -2.37. The molecule has 0 saturated carbocycles. The summed E-state index contributed by atoms with van der Waals surface area (Å²) < 4.78 is 42.4. The number of carbonyl (C=O) groups is 1. The second-order valence-electron chi connectivity index (χ2n) is 9.10. The van der Waals surface area contributed by atoms with Crippen LogP contribution < -0.4 is 11.0 Å². The highest BCUT2D eigenvalue weighted by Gasteiger charge is 2.39. The molecule has 0 bridgehead atoms. The van der Waals surface area contributed by atoms with Crippen molar-refractivity contribution in [3.05, 3.63) is 112 Å². The lowest BCUT2D eigenvalue weighted by molar-refractivity contribution is -0.207. The van der Waals surface area contributed by atoms with Crippen LogP contribution in [0.5, 0.6) is 0 Å². The van der Waals surface area contributed by atoms with E-state index in [4.69, 9.17) is 11.6 Å². The van der Waals surface area contributed by atoms with Crippen molar-refractivity contribution in [1.82, 2.24) is 39.4 Å². The molecule has 11 nitrogen and oxygen atoms in total. The van der Waals surface area contributed by atoms with E-state index in [1.165, 1.54) is 35.3 Å². The maximum Gasteiger partial charge on any atom is 0.416 e. The number of benzene rings is 2. The molecule has 0 aliphatic heterocycles. The highest BCUT2D eigenvalue weighted by atomic mass is 35.5. The molecule has 3 heterocycles. The van der Waals surface area contributed by atoms with Gasteiger partial charge in [0, 0.05) is 29.5 Å². The Balaban J connectivity index is 1.41. The van der Waals surface area contributed by atoms with Gasteiger partial charge in [-0.05, 0) is 54.1 Å². The van der Waals surface area contributed by atoms with Gasteiger partial charge in [-0.15, -0.1) is 10.2 Å². The van der Waals surface area contributed by atoms with E-state index < -0.39 is 24.5 Å². The highest BCUT2D eigenvalue weighted by molar-refractivity contribution is 6.30.